The van der Waals surface area contributed by atoms with Gasteiger partial charge in [-0.2, -0.15) is 0 Å². The second kappa shape index (κ2) is 7.25. The molecule has 5 rings (SSSR count). The third kappa shape index (κ3) is 3.11. The highest BCUT2D eigenvalue weighted by Gasteiger charge is 2.39. The van der Waals surface area contributed by atoms with E-state index in [1.54, 1.807) is 18.2 Å². The zero-order valence-corrected chi connectivity index (χ0v) is 16.9. The molecule has 0 N–H and O–H groups in total. The minimum Gasteiger partial charge on any atom is -0.357 e. The first-order valence-corrected chi connectivity index (χ1v) is 10.8. The number of benzene rings is 1. The van der Waals surface area contributed by atoms with Crippen molar-refractivity contribution in [1.82, 2.24) is 4.90 Å². The number of likely N-dealkylation sites (N-methyl/N-ethyl adjacent to an activating group) is 1. The predicted octanol–water partition coefficient (Wildman–Crippen LogP) is 5.03. The van der Waals surface area contributed by atoms with Gasteiger partial charge in [-0.05, 0) is 57.4 Å². The van der Waals surface area contributed by atoms with Crippen molar-refractivity contribution in [3.63, 3.8) is 0 Å². The molecule has 0 bridgehead atoms. The lowest BCUT2D eigenvalue weighted by atomic mass is 9.87. The average Bonchev–Trinajstić information content (AvgIpc) is 3.43. The zero-order valence-electron chi connectivity index (χ0n) is 16.9. The van der Waals surface area contributed by atoms with Crippen LogP contribution in [0.15, 0.2) is 64.0 Å². The van der Waals surface area contributed by atoms with Crippen molar-refractivity contribution in [3.8, 4) is 0 Å². The van der Waals surface area contributed by atoms with Crippen LogP contribution in [0.3, 0.4) is 0 Å². The van der Waals surface area contributed by atoms with E-state index in [1.165, 1.54) is 36.8 Å². The van der Waals surface area contributed by atoms with Crippen LogP contribution in [-0.4, -0.2) is 35.3 Å². The van der Waals surface area contributed by atoms with Gasteiger partial charge in [0.15, 0.2) is 0 Å². The minimum absolute atomic E-state index is 0.0861. The van der Waals surface area contributed by atoms with Crippen molar-refractivity contribution in [2.45, 2.75) is 57.4 Å². The Balaban J connectivity index is 1.64. The van der Waals surface area contributed by atoms with Crippen molar-refractivity contribution in [3.05, 3.63) is 70.1 Å². The van der Waals surface area contributed by atoms with Crippen molar-refractivity contribution in [2.24, 2.45) is 4.99 Å². The van der Waals surface area contributed by atoms with Crippen molar-refractivity contribution >= 4 is 17.3 Å². The molecule has 4 aliphatic rings. The summed E-state index contributed by atoms with van der Waals surface area (Å²) in [5, 5.41) is 0. The number of fused-ring (bicyclic) bond motifs is 1. The first-order chi connectivity index (χ1) is 14.1. The van der Waals surface area contributed by atoms with Gasteiger partial charge in [-0.3, -0.25) is 9.59 Å². The van der Waals surface area contributed by atoms with Gasteiger partial charge in [0.05, 0.1) is 11.8 Å². The summed E-state index contributed by atoms with van der Waals surface area (Å²) in [6.07, 6.45) is 13.8. The summed E-state index contributed by atoms with van der Waals surface area (Å²) in [5.74, 6) is -0.236. The topological polar surface area (TPSA) is 49.7 Å². The third-order valence-electron chi connectivity index (χ3n) is 6.62. The Morgan fingerprint density at radius 2 is 1.48 bits per heavy atom. The lowest BCUT2D eigenvalue weighted by molar-refractivity contribution is 0.0942. The van der Waals surface area contributed by atoms with E-state index in [1.807, 2.05) is 18.0 Å². The molecule has 4 nitrogen and oxygen atoms in total. The van der Waals surface area contributed by atoms with Gasteiger partial charge in [0.2, 0.25) is 11.6 Å². The van der Waals surface area contributed by atoms with E-state index < -0.39 is 0 Å². The van der Waals surface area contributed by atoms with Gasteiger partial charge >= 0.3 is 0 Å². The summed E-state index contributed by atoms with van der Waals surface area (Å²) in [5.41, 5.74) is 5.47. The molecule has 1 aromatic carbocycles. The molecule has 1 aliphatic heterocycles. The van der Waals surface area contributed by atoms with E-state index >= 15 is 0 Å². The second-order valence-corrected chi connectivity index (χ2v) is 8.54. The molecular formula is C25H26N2O2. The Hall–Kier alpha value is -2.75. The number of carbonyl (C=O) groups is 2. The van der Waals surface area contributed by atoms with Crippen LogP contribution in [0.5, 0.6) is 0 Å². The summed E-state index contributed by atoms with van der Waals surface area (Å²) in [6.45, 7) is 0. The third-order valence-corrected chi connectivity index (χ3v) is 6.62. The van der Waals surface area contributed by atoms with E-state index in [0.29, 0.717) is 22.5 Å². The maximum atomic E-state index is 13.3. The summed E-state index contributed by atoms with van der Waals surface area (Å²) in [7, 11) is 1.94. The molecular weight excluding hydrogens is 360 g/mol. The SMILES string of the molecule is CN1C2=C(N=C(C=C3CCCC3)C1C=C1CCCC1)C(=O)c1ccccc1C2=O. The largest absolute Gasteiger partial charge is 0.357 e. The second-order valence-electron chi connectivity index (χ2n) is 8.54. The highest BCUT2D eigenvalue weighted by molar-refractivity contribution is 6.28. The van der Waals surface area contributed by atoms with Crippen molar-refractivity contribution < 1.29 is 9.59 Å². The average molecular weight is 386 g/mol. The fraction of sp³-hybridized carbons (Fsp3) is 0.400. The monoisotopic (exact) mass is 386 g/mol. The van der Waals surface area contributed by atoms with Crippen LogP contribution in [0.2, 0.25) is 0 Å². The van der Waals surface area contributed by atoms with Crippen LogP contribution < -0.4 is 0 Å². The maximum Gasteiger partial charge on any atom is 0.214 e. The maximum absolute atomic E-state index is 13.3. The van der Waals surface area contributed by atoms with Crippen molar-refractivity contribution in [2.75, 3.05) is 7.05 Å². The van der Waals surface area contributed by atoms with E-state index in [-0.39, 0.29) is 17.6 Å². The van der Waals surface area contributed by atoms with Crippen LogP contribution in [0, 0.1) is 0 Å². The van der Waals surface area contributed by atoms with Gasteiger partial charge in [0, 0.05) is 18.2 Å². The molecule has 0 saturated heterocycles. The fourth-order valence-corrected chi connectivity index (χ4v) is 5.03. The zero-order chi connectivity index (χ0) is 20.0. The number of rotatable bonds is 2. The van der Waals surface area contributed by atoms with E-state index in [2.05, 4.69) is 12.2 Å². The number of Topliss-reactive ketones (excluding diaryl/α,β-unsaturated/α-hetero) is 2. The molecule has 0 aromatic heterocycles. The molecule has 1 heterocycles. The van der Waals surface area contributed by atoms with E-state index in [9.17, 15) is 9.59 Å². The van der Waals surface area contributed by atoms with Crippen LogP contribution in [-0.2, 0) is 0 Å². The lowest BCUT2D eigenvalue weighted by Crippen LogP contribution is -2.44. The Morgan fingerprint density at radius 1 is 0.897 bits per heavy atom. The van der Waals surface area contributed by atoms with Gasteiger partial charge in [-0.1, -0.05) is 41.5 Å². The van der Waals surface area contributed by atoms with Gasteiger partial charge in [0.25, 0.3) is 0 Å². The van der Waals surface area contributed by atoms with E-state index in [4.69, 9.17) is 4.99 Å². The first kappa shape index (κ1) is 18.3. The number of aliphatic imine (C=N–C) groups is 1. The van der Waals surface area contributed by atoms with Gasteiger partial charge < -0.3 is 4.90 Å². The van der Waals surface area contributed by atoms with Gasteiger partial charge in [-0.15, -0.1) is 0 Å². The summed E-state index contributed by atoms with van der Waals surface area (Å²) < 4.78 is 0. The highest BCUT2D eigenvalue weighted by Crippen LogP contribution is 2.35. The quantitative estimate of drug-likeness (QED) is 0.670. The number of hydrogen-bond donors (Lipinski definition) is 0. The molecule has 148 valence electrons. The number of ketones is 2. The lowest BCUT2D eigenvalue weighted by Gasteiger charge is -2.36. The molecule has 1 aromatic rings. The Morgan fingerprint density at radius 3 is 2.14 bits per heavy atom. The molecule has 0 radical (unpaired) electrons. The summed E-state index contributed by atoms with van der Waals surface area (Å²) >= 11 is 0. The van der Waals surface area contributed by atoms with Crippen LogP contribution >= 0.6 is 0 Å². The molecule has 0 spiro atoms. The minimum atomic E-state index is -0.142. The summed E-state index contributed by atoms with van der Waals surface area (Å²) in [4.78, 5) is 33.3. The Kier molecular flexibility index (Phi) is 4.57. The molecule has 3 aliphatic carbocycles. The number of nitrogens with zero attached hydrogens (tertiary/aromatic N) is 2. The number of allylic oxidation sites excluding steroid dienone is 4. The Labute approximate surface area is 171 Å². The highest BCUT2D eigenvalue weighted by atomic mass is 16.1. The fourth-order valence-electron chi connectivity index (χ4n) is 5.03. The molecule has 0 amide bonds. The van der Waals surface area contributed by atoms with Crippen LogP contribution in [0.4, 0.5) is 0 Å². The molecule has 2 fully saturated rings. The molecule has 1 atom stereocenters. The first-order valence-electron chi connectivity index (χ1n) is 10.8. The standard InChI is InChI=1S/C25H26N2O2/c1-27-21(15-17-10-4-5-11-17)20(14-16-8-2-3-9-16)26-22-23(27)25(29)19-13-7-6-12-18(19)24(22)28/h6-7,12-15,21H,2-5,8-11H2,1H3. The summed E-state index contributed by atoms with van der Waals surface area (Å²) in [6, 6.07) is 7.02. The normalized spacial score (nSPS) is 24.0. The molecule has 2 saturated carbocycles. The smallest absolute Gasteiger partial charge is 0.214 e. The molecule has 1 unspecified atom stereocenters. The molecule has 4 heteroatoms. The predicted molar refractivity (Wildman–Crippen MR) is 114 cm³/mol. The van der Waals surface area contributed by atoms with E-state index in [0.717, 1.165) is 31.4 Å². The van der Waals surface area contributed by atoms with Crippen LogP contribution in [0.1, 0.15) is 72.1 Å². The number of carbonyl (C=O) groups excluding carboxylic acids is 2. The Bertz CT molecular complexity index is 1010. The molecule has 29 heavy (non-hydrogen) atoms. The number of hydrogen-bond acceptors (Lipinski definition) is 4. The van der Waals surface area contributed by atoms with Crippen molar-refractivity contribution in [1.29, 1.82) is 0 Å². The van der Waals surface area contributed by atoms with Gasteiger partial charge in [-0.25, -0.2) is 4.99 Å². The van der Waals surface area contributed by atoms with Crippen LogP contribution in [0.25, 0.3) is 0 Å². The van der Waals surface area contributed by atoms with Gasteiger partial charge in [0.1, 0.15) is 11.4 Å².